The summed E-state index contributed by atoms with van der Waals surface area (Å²) in [6, 6.07) is -0.198. The number of rotatable bonds is 3. The van der Waals surface area contributed by atoms with Crippen LogP contribution in [0.2, 0.25) is 0 Å². The van der Waals surface area contributed by atoms with E-state index < -0.39 is 11.4 Å². The van der Waals surface area contributed by atoms with Crippen molar-refractivity contribution in [1.82, 2.24) is 10.2 Å². The molecule has 1 unspecified atom stereocenters. The second-order valence-electron chi connectivity index (χ2n) is 5.20. The molecule has 0 bridgehead atoms. The summed E-state index contributed by atoms with van der Waals surface area (Å²) in [6.45, 7) is 4.51. The van der Waals surface area contributed by atoms with Crippen LogP contribution in [0.3, 0.4) is 0 Å². The highest BCUT2D eigenvalue weighted by Gasteiger charge is 2.29. The highest BCUT2D eigenvalue weighted by atomic mass is 16.4. The van der Waals surface area contributed by atoms with Gasteiger partial charge >= 0.3 is 12.0 Å². The van der Waals surface area contributed by atoms with E-state index in [4.69, 9.17) is 10.8 Å². The molecule has 17 heavy (non-hydrogen) atoms. The molecular weight excluding hydrogens is 222 g/mol. The summed E-state index contributed by atoms with van der Waals surface area (Å²) < 4.78 is 0. The predicted molar refractivity (Wildman–Crippen MR) is 63.6 cm³/mol. The average Bonchev–Trinajstić information content (AvgIpc) is 2.25. The van der Waals surface area contributed by atoms with Crippen LogP contribution in [0.5, 0.6) is 0 Å². The molecule has 1 aliphatic rings. The van der Waals surface area contributed by atoms with E-state index in [0.29, 0.717) is 13.1 Å². The SMILES string of the molecule is CC(C)(CNC(=O)N1CCCC(N)C1)C(=O)O. The summed E-state index contributed by atoms with van der Waals surface area (Å²) in [5, 5.41) is 11.6. The Labute approximate surface area is 101 Å². The molecule has 4 N–H and O–H groups in total. The maximum atomic E-state index is 11.8. The van der Waals surface area contributed by atoms with E-state index in [-0.39, 0.29) is 18.6 Å². The van der Waals surface area contributed by atoms with E-state index in [9.17, 15) is 9.59 Å². The monoisotopic (exact) mass is 243 g/mol. The normalized spacial score (nSPS) is 21.1. The molecule has 1 rings (SSSR count). The number of piperidine rings is 1. The van der Waals surface area contributed by atoms with Crippen molar-refractivity contribution in [3.63, 3.8) is 0 Å². The number of likely N-dealkylation sites (tertiary alicyclic amines) is 1. The van der Waals surface area contributed by atoms with Crippen molar-refractivity contribution in [2.24, 2.45) is 11.1 Å². The van der Waals surface area contributed by atoms with Gasteiger partial charge < -0.3 is 21.1 Å². The lowest BCUT2D eigenvalue weighted by molar-refractivity contribution is -0.146. The first-order chi connectivity index (χ1) is 7.83. The van der Waals surface area contributed by atoms with Crippen LogP contribution in [0.25, 0.3) is 0 Å². The molecule has 0 aromatic rings. The number of hydrogen-bond donors (Lipinski definition) is 3. The molecule has 98 valence electrons. The van der Waals surface area contributed by atoms with Crippen LogP contribution in [0.1, 0.15) is 26.7 Å². The van der Waals surface area contributed by atoms with E-state index in [2.05, 4.69) is 5.32 Å². The van der Waals surface area contributed by atoms with E-state index in [1.54, 1.807) is 18.7 Å². The molecule has 0 aromatic heterocycles. The molecule has 6 nitrogen and oxygen atoms in total. The summed E-state index contributed by atoms with van der Waals surface area (Å²) >= 11 is 0. The molecule has 0 radical (unpaired) electrons. The zero-order chi connectivity index (χ0) is 13.1. The fraction of sp³-hybridized carbons (Fsp3) is 0.818. The van der Waals surface area contributed by atoms with Crippen molar-refractivity contribution in [3.05, 3.63) is 0 Å². The number of aliphatic carboxylic acids is 1. The van der Waals surface area contributed by atoms with Crippen LogP contribution in [-0.2, 0) is 4.79 Å². The molecule has 1 saturated heterocycles. The fourth-order valence-electron chi connectivity index (χ4n) is 1.68. The van der Waals surface area contributed by atoms with Gasteiger partial charge in [-0.15, -0.1) is 0 Å². The van der Waals surface area contributed by atoms with Crippen LogP contribution in [-0.4, -0.2) is 47.7 Å². The molecule has 0 aromatic carbocycles. The van der Waals surface area contributed by atoms with Crippen LogP contribution >= 0.6 is 0 Å². The Hall–Kier alpha value is -1.30. The maximum absolute atomic E-state index is 11.8. The minimum atomic E-state index is -0.951. The van der Waals surface area contributed by atoms with Gasteiger partial charge in [-0.25, -0.2) is 4.79 Å². The second kappa shape index (κ2) is 5.35. The minimum absolute atomic E-state index is 0.0296. The summed E-state index contributed by atoms with van der Waals surface area (Å²) in [5.41, 5.74) is 4.83. The number of urea groups is 1. The van der Waals surface area contributed by atoms with Gasteiger partial charge in [-0.1, -0.05) is 0 Å². The molecule has 0 saturated carbocycles. The van der Waals surface area contributed by atoms with Gasteiger partial charge in [-0.2, -0.15) is 0 Å². The number of nitrogens with two attached hydrogens (primary N) is 1. The molecule has 1 heterocycles. The van der Waals surface area contributed by atoms with Gasteiger partial charge in [-0.3, -0.25) is 4.79 Å². The Morgan fingerprint density at radius 3 is 2.71 bits per heavy atom. The van der Waals surface area contributed by atoms with E-state index in [0.717, 1.165) is 12.8 Å². The Kier molecular flexibility index (Phi) is 4.34. The molecule has 0 spiro atoms. The van der Waals surface area contributed by atoms with Crippen LogP contribution in [0.4, 0.5) is 4.79 Å². The summed E-state index contributed by atoms with van der Waals surface area (Å²) in [7, 11) is 0. The minimum Gasteiger partial charge on any atom is -0.481 e. The molecular formula is C11H21N3O3. The third-order valence-electron chi connectivity index (χ3n) is 3.01. The van der Waals surface area contributed by atoms with Gasteiger partial charge in [0.2, 0.25) is 0 Å². The molecule has 1 fully saturated rings. The Morgan fingerprint density at radius 1 is 1.53 bits per heavy atom. The topological polar surface area (TPSA) is 95.7 Å². The molecule has 0 aliphatic carbocycles. The van der Waals surface area contributed by atoms with Gasteiger partial charge in [0.05, 0.1) is 5.41 Å². The zero-order valence-corrected chi connectivity index (χ0v) is 10.4. The first kappa shape index (κ1) is 13.8. The van der Waals surface area contributed by atoms with Crippen molar-refractivity contribution in [3.8, 4) is 0 Å². The van der Waals surface area contributed by atoms with Crippen molar-refractivity contribution in [2.75, 3.05) is 19.6 Å². The highest BCUT2D eigenvalue weighted by Crippen LogP contribution is 2.14. The Bertz CT molecular complexity index is 304. The standard InChI is InChI=1S/C11H21N3O3/c1-11(2,9(15)16)7-13-10(17)14-5-3-4-8(12)6-14/h8H,3-7,12H2,1-2H3,(H,13,17)(H,15,16). The Morgan fingerprint density at radius 2 is 2.18 bits per heavy atom. The Balaban J connectivity index is 2.41. The predicted octanol–water partition coefficient (Wildman–Crippen LogP) is 0.230. The zero-order valence-electron chi connectivity index (χ0n) is 10.4. The number of nitrogens with zero attached hydrogens (tertiary/aromatic N) is 1. The van der Waals surface area contributed by atoms with E-state index in [1.165, 1.54) is 0 Å². The lowest BCUT2D eigenvalue weighted by Gasteiger charge is -2.31. The van der Waals surface area contributed by atoms with Gasteiger partial charge in [0, 0.05) is 25.7 Å². The quantitative estimate of drug-likeness (QED) is 0.661. The van der Waals surface area contributed by atoms with Gasteiger partial charge in [-0.05, 0) is 26.7 Å². The smallest absolute Gasteiger partial charge is 0.317 e. The van der Waals surface area contributed by atoms with Crippen LogP contribution in [0, 0.1) is 5.41 Å². The fourth-order valence-corrected chi connectivity index (χ4v) is 1.68. The van der Waals surface area contributed by atoms with E-state index >= 15 is 0 Å². The number of nitrogens with one attached hydrogen (secondary N) is 1. The number of carboxylic acid groups (broad SMARTS) is 1. The van der Waals surface area contributed by atoms with Gasteiger partial charge in [0.1, 0.15) is 0 Å². The van der Waals surface area contributed by atoms with Crippen LogP contribution < -0.4 is 11.1 Å². The number of carbonyl (C=O) groups is 2. The molecule has 1 atom stereocenters. The largest absolute Gasteiger partial charge is 0.481 e. The number of amides is 2. The first-order valence-electron chi connectivity index (χ1n) is 5.84. The lowest BCUT2D eigenvalue weighted by Crippen LogP contribution is -2.51. The highest BCUT2D eigenvalue weighted by molar-refractivity contribution is 5.77. The van der Waals surface area contributed by atoms with Gasteiger partial charge in [0.15, 0.2) is 0 Å². The third kappa shape index (κ3) is 3.89. The molecule has 2 amide bonds. The number of hydrogen-bond acceptors (Lipinski definition) is 3. The van der Waals surface area contributed by atoms with E-state index in [1.807, 2.05) is 0 Å². The summed E-state index contributed by atoms with van der Waals surface area (Å²) in [5.74, 6) is -0.923. The first-order valence-corrected chi connectivity index (χ1v) is 5.84. The average molecular weight is 243 g/mol. The number of carboxylic acids is 1. The maximum Gasteiger partial charge on any atom is 0.317 e. The third-order valence-corrected chi connectivity index (χ3v) is 3.01. The van der Waals surface area contributed by atoms with Crippen molar-refractivity contribution >= 4 is 12.0 Å². The lowest BCUT2D eigenvalue weighted by atomic mass is 9.94. The second-order valence-corrected chi connectivity index (χ2v) is 5.20. The summed E-state index contributed by atoms with van der Waals surface area (Å²) in [4.78, 5) is 24.3. The van der Waals surface area contributed by atoms with Crippen molar-refractivity contribution < 1.29 is 14.7 Å². The number of carbonyl (C=O) groups excluding carboxylic acids is 1. The van der Waals surface area contributed by atoms with Crippen LogP contribution in [0.15, 0.2) is 0 Å². The summed E-state index contributed by atoms with van der Waals surface area (Å²) in [6.07, 6.45) is 1.83. The molecule has 1 aliphatic heterocycles. The molecule has 6 heteroatoms. The van der Waals surface area contributed by atoms with Crippen molar-refractivity contribution in [2.45, 2.75) is 32.7 Å². The van der Waals surface area contributed by atoms with Crippen molar-refractivity contribution in [1.29, 1.82) is 0 Å². The van der Waals surface area contributed by atoms with Gasteiger partial charge in [0.25, 0.3) is 0 Å².